The van der Waals surface area contributed by atoms with E-state index in [-0.39, 0.29) is 0 Å². The van der Waals surface area contributed by atoms with Crippen molar-refractivity contribution in [2.24, 2.45) is 0 Å². The number of aryl methyl sites for hydroxylation is 1. The minimum absolute atomic E-state index is 0.436. The van der Waals surface area contributed by atoms with Crippen molar-refractivity contribution in [1.29, 1.82) is 0 Å². The molecule has 15 heavy (non-hydrogen) atoms. The lowest BCUT2D eigenvalue weighted by molar-refractivity contribution is -0.107. The highest BCUT2D eigenvalue weighted by Gasteiger charge is 2.18. The van der Waals surface area contributed by atoms with Crippen LogP contribution in [0, 0.1) is 0 Å². The first-order valence-electron chi connectivity index (χ1n) is 5.58. The largest absolute Gasteiger partial charge is 0.490 e. The summed E-state index contributed by atoms with van der Waals surface area (Å²) >= 11 is 0. The van der Waals surface area contributed by atoms with Crippen LogP contribution in [0.3, 0.4) is 0 Å². The third kappa shape index (κ3) is 2.82. The zero-order valence-corrected chi connectivity index (χ0v) is 8.82. The summed E-state index contributed by atoms with van der Waals surface area (Å²) in [6, 6.07) is 8.08. The Morgan fingerprint density at radius 3 is 2.53 bits per heavy atom. The Labute approximate surface area is 90.3 Å². The van der Waals surface area contributed by atoms with Gasteiger partial charge in [0.15, 0.2) is 0 Å². The molecule has 2 heteroatoms. The van der Waals surface area contributed by atoms with E-state index >= 15 is 0 Å². The van der Waals surface area contributed by atoms with E-state index < -0.39 is 0 Å². The van der Waals surface area contributed by atoms with Crippen LogP contribution in [0.2, 0.25) is 0 Å². The molecule has 0 atom stereocenters. The molecule has 1 fully saturated rings. The maximum atomic E-state index is 10.2. The molecule has 0 bridgehead atoms. The highest BCUT2D eigenvalue weighted by atomic mass is 16.5. The van der Waals surface area contributed by atoms with Crippen LogP contribution < -0.4 is 4.74 Å². The fourth-order valence-electron chi connectivity index (χ4n) is 1.64. The highest BCUT2D eigenvalue weighted by Crippen LogP contribution is 2.25. The first kappa shape index (κ1) is 10.2. The van der Waals surface area contributed by atoms with Crippen LogP contribution >= 0.6 is 0 Å². The maximum absolute atomic E-state index is 10.2. The molecule has 1 aromatic rings. The lowest BCUT2D eigenvalue weighted by atomic mass is 9.96. The number of benzene rings is 1. The molecule has 0 saturated heterocycles. The molecule has 2 rings (SSSR count). The van der Waals surface area contributed by atoms with Gasteiger partial charge in [-0.25, -0.2) is 0 Å². The van der Waals surface area contributed by atoms with E-state index in [2.05, 4.69) is 0 Å². The van der Waals surface area contributed by atoms with Crippen molar-refractivity contribution >= 4 is 6.29 Å². The third-order valence-electron chi connectivity index (χ3n) is 2.83. The van der Waals surface area contributed by atoms with Crippen LogP contribution in [0.4, 0.5) is 0 Å². The molecule has 1 aliphatic carbocycles. The Morgan fingerprint density at radius 1 is 1.27 bits per heavy atom. The first-order valence-corrected chi connectivity index (χ1v) is 5.58. The van der Waals surface area contributed by atoms with E-state index in [4.69, 9.17) is 4.74 Å². The van der Waals surface area contributed by atoms with Gasteiger partial charge in [0.05, 0.1) is 6.10 Å². The summed E-state index contributed by atoms with van der Waals surface area (Å²) in [6.45, 7) is 0. The molecule has 1 saturated carbocycles. The molecule has 1 aromatic carbocycles. The number of carbonyl (C=O) groups excluding carboxylic acids is 1. The van der Waals surface area contributed by atoms with Crippen molar-refractivity contribution in [3.05, 3.63) is 29.8 Å². The predicted molar refractivity (Wildman–Crippen MR) is 59.1 cm³/mol. The van der Waals surface area contributed by atoms with Gasteiger partial charge in [0.1, 0.15) is 12.0 Å². The van der Waals surface area contributed by atoms with E-state index in [0.717, 1.165) is 18.5 Å². The monoisotopic (exact) mass is 204 g/mol. The van der Waals surface area contributed by atoms with Gasteiger partial charge >= 0.3 is 0 Å². The molecule has 0 aromatic heterocycles. The number of aldehydes is 1. The zero-order valence-electron chi connectivity index (χ0n) is 8.82. The van der Waals surface area contributed by atoms with Crippen LogP contribution in [0.15, 0.2) is 24.3 Å². The second-order valence-corrected chi connectivity index (χ2v) is 4.02. The lowest BCUT2D eigenvalue weighted by Crippen LogP contribution is -2.24. The number of carbonyl (C=O) groups is 1. The van der Waals surface area contributed by atoms with Gasteiger partial charge in [0, 0.05) is 6.42 Å². The summed E-state index contributed by atoms with van der Waals surface area (Å²) in [4.78, 5) is 10.2. The molecule has 0 radical (unpaired) electrons. The fraction of sp³-hybridized carbons (Fsp3) is 0.462. The second-order valence-electron chi connectivity index (χ2n) is 4.02. The van der Waals surface area contributed by atoms with Crippen LogP contribution in [0.5, 0.6) is 5.75 Å². The number of rotatable bonds is 5. The van der Waals surface area contributed by atoms with Gasteiger partial charge in [-0.05, 0) is 43.4 Å². The highest BCUT2D eigenvalue weighted by molar-refractivity contribution is 5.50. The van der Waals surface area contributed by atoms with E-state index in [1.807, 2.05) is 24.3 Å². The van der Waals surface area contributed by atoms with Crippen molar-refractivity contribution in [2.45, 2.75) is 38.2 Å². The summed E-state index contributed by atoms with van der Waals surface area (Å²) in [5, 5.41) is 0. The number of ether oxygens (including phenoxy) is 1. The maximum Gasteiger partial charge on any atom is 0.120 e. The molecule has 1 aliphatic rings. The van der Waals surface area contributed by atoms with Gasteiger partial charge in [-0.2, -0.15) is 0 Å². The Kier molecular flexibility index (Phi) is 3.38. The van der Waals surface area contributed by atoms with E-state index in [1.165, 1.54) is 24.8 Å². The standard InChI is InChI=1S/C13H16O2/c14-10-2-3-11-6-8-13(9-7-11)15-12-4-1-5-12/h6-10,12H,1-5H2. The summed E-state index contributed by atoms with van der Waals surface area (Å²) in [7, 11) is 0. The molecular weight excluding hydrogens is 188 g/mol. The van der Waals surface area contributed by atoms with Gasteiger partial charge in [-0.3, -0.25) is 0 Å². The van der Waals surface area contributed by atoms with Gasteiger partial charge in [-0.15, -0.1) is 0 Å². The summed E-state index contributed by atoms with van der Waals surface area (Å²) in [5.74, 6) is 0.953. The van der Waals surface area contributed by atoms with E-state index in [1.54, 1.807) is 0 Å². The zero-order chi connectivity index (χ0) is 10.5. The Hall–Kier alpha value is -1.31. The fourth-order valence-corrected chi connectivity index (χ4v) is 1.64. The van der Waals surface area contributed by atoms with E-state index in [0.29, 0.717) is 12.5 Å². The normalized spacial score (nSPS) is 15.7. The van der Waals surface area contributed by atoms with E-state index in [9.17, 15) is 4.79 Å². The van der Waals surface area contributed by atoms with Crippen molar-refractivity contribution in [3.8, 4) is 5.75 Å². The quantitative estimate of drug-likeness (QED) is 0.689. The van der Waals surface area contributed by atoms with Gasteiger partial charge in [0.25, 0.3) is 0 Å². The average Bonchev–Trinajstić information content (AvgIpc) is 2.22. The van der Waals surface area contributed by atoms with Crippen LogP contribution in [0.1, 0.15) is 31.2 Å². The summed E-state index contributed by atoms with van der Waals surface area (Å²) in [6.07, 6.45) is 6.49. The van der Waals surface area contributed by atoms with Crippen molar-refractivity contribution in [3.63, 3.8) is 0 Å². The second kappa shape index (κ2) is 4.96. The summed E-state index contributed by atoms with van der Waals surface area (Å²) < 4.78 is 5.74. The third-order valence-corrected chi connectivity index (χ3v) is 2.83. The van der Waals surface area contributed by atoms with Gasteiger partial charge in [-0.1, -0.05) is 12.1 Å². The Balaban J connectivity index is 1.87. The molecule has 0 amide bonds. The molecule has 2 nitrogen and oxygen atoms in total. The molecular formula is C13H16O2. The van der Waals surface area contributed by atoms with Gasteiger partial charge < -0.3 is 9.53 Å². The molecule has 0 unspecified atom stereocenters. The van der Waals surface area contributed by atoms with Crippen LogP contribution in [0.25, 0.3) is 0 Å². The lowest BCUT2D eigenvalue weighted by Gasteiger charge is -2.26. The smallest absolute Gasteiger partial charge is 0.120 e. The molecule has 80 valence electrons. The van der Waals surface area contributed by atoms with Crippen LogP contribution in [-0.4, -0.2) is 12.4 Å². The molecule has 0 spiro atoms. The van der Waals surface area contributed by atoms with Crippen molar-refractivity contribution < 1.29 is 9.53 Å². The minimum atomic E-state index is 0.436. The topological polar surface area (TPSA) is 26.3 Å². The minimum Gasteiger partial charge on any atom is -0.490 e. The van der Waals surface area contributed by atoms with Crippen LogP contribution in [-0.2, 0) is 11.2 Å². The van der Waals surface area contributed by atoms with Crippen molar-refractivity contribution in [2.75, 3.05) is 0 Å². The number of hydrogen-bond acceptors (Lipinski definition) is 2. The number of hydrogen-bond donors (Lipinski definition) is 0. The Morgan fingerprint density at radius 2 is 2.00 bits per heavy atom. The van der Waals surface area contributed by atoms with Crippen molar-refractivity contribution in [1.82, 2.24) is 0 Å². The average molecular weight is 204 g/mol. The first-order chi connectivity index (χ1) is 7.38. The molecule has 0 heterocycles. The van der Waals surface area contributed by atoms with Gasteiger partial charge in [0.2, 0.25) is 0 Å². The predicted octanol–water partition coefficient (Wildman–Crippen LogP) is 2.75. The SMILES string of the molecule is O=CCCc1ccc(OC2CCC2)cc1. The Bertz CT molecular complexity index is 312. The summed E-state index contributed by atoms with van der Waals surface area (Å²) in [5.41, 5.74) is 1.20. The molecule has 0 N–H and O–H groups in total. The molecule has 0 aliphatic heterocycles.